The number of amides is 1. The number of aliphatic hydroxyl groups excluding tert-OH is 1. The maximum Gasteiger partial charge on any atom is 0.226 e. The van der Waals surface area contributed by atoms with Gasteiger partial charge in [0.05, 0.1) is 12.1 Å². The molecular formula is C14H25N3O2. The van der Waals surface area contributed by atoms with Gasteiger partial charge in [-0.1, -0.05) is 13.8 Å². The average molecular weight is 267 g/mol. The summed E-state index contributed by atoms with van der Waals surface area (Å²) in [5, 5.41) is 18.8. The van der Waals surface area contributed by atoms with Crippen LogP contribution in [0.15, 0.2) is 6.07 Å². The zero-order chi connectivity index (χ0) is 14.3. The number of aromatic amines is 1. The van der Waals surface area contributed by atoms with Gasteiger partial charge in [0.2, 0.25) is 5.91 Å². The molecule has 1 heterocycles. The Balaban J connectivity index is 2.34. The van der Waals surface area contributed by atoms with Crippen molar-refractivity contribution in [2.45, 2.75) is 40.0 Å². The summed E-state index contributed by atoms with van der Waals surface area (Å²) in [4.78, 5) is 11.8. The van der Waals surface area contributed by atoms with E-state index < -0.39 is 0 Å². The second-order valence-electron chi connectivity index (χ2n) is 5.53. The van der Waals surface area contributed by atoms with Crippen molar-refractivity contribution < 1.29 is 9.90 Å². The standard InChI is InChI=1S/C14H25N3O2/c1-10(2)6-12(4-5-18)9-15-14(19)8-13-7-11(3)16-17-13/h7,10,12,18H,4-6,8-9H2,1-3H3,(H,15,19)(H,16,17). The third-order valence-electron chi connectivity index (χ3n) is 3.03. The Labute approximate surface area is 114 Å². The highest BCUT2D eigenvalue weighted by Crippen LogP contribution is 2.14. The summed E-state index contributed by atoms with van der Waals surface area (Å²) in [5.41, 5.74) is 1.72. The van der Waals surface area contributed by atoms with Crippen molar-refractivity contribution in [1.29, 1.82) is 0 Å². The van der Waals surface area contributed by atoms with Crippen molar-refractivity contribution in [2.24, 2.45) is 11.8 Å². The Kier molecular flexibility index (Phi) is 6.56. The van der Waals surface area contributed by atoms with Crippen molar-refractivity contribution in [1.82, 2.24) is 15.5 Å². The maximum atomic E-state index is 11.8. The van der Waals surface area contributed by atoms with Gasteiger partial charge in [0.1, 0.15) is 0 Å². The SMILES string of the molecule is Cc1cc(CC(=O)NCC(CCO)CC(C)C)n[nH]1. The highest BCUT2D eigenvalue weighted by atomic mass is 16.3. The van der Waals surface area contributed by atoms with Crippen LogP contribution in [0.2, 0.25) is 0 Å². The molecule has 1 aromatic rings. The molecule has 5 heteroatoms. The number of nitrogens with zero attached hydrogens (tertiary/aromatic N) is 1. The minimum Gasteiger partial charge on any atom is -0.396 e. The number of carbonyl (C=O) groups is 1. The van der Waals surface area contributed by atoms with E-state index in [9.17, 15) is 4.79 Å². The van der Waals surface area contributed by atoms with Crippen LogP contribution in [0, 0.1) is 18.8 Å². The Morgan fingerprint density at radius 1 is 1.53 bits per heavy atom. The molecule has 3 N–H and O–H groups in total. The van der Waals surface area contributed by atoms with Crippen LogP contribution in [0.25, 0.3) is 0 Å². The zero-order valence-corrected chi connectivity index (χ0v) is 12.1. The summed E-state index contributed by atoms with van der Waals surface area (Å²) in [6, 6.07) is 1.87. The molecule has 1 unspecified atom stereocenters. The molecule has 0 saturated heterocycles. The van der Waals surface area contributed by atoms with Crippen molar-refractivity contribution in [2.75, 3.05) is 13.2 Å². The van der Waals surface area contributed by atoms with Crippen LogP contribution in [0.1, 0.15) is 38.1 Å². The largest absolute Gasteiger partial charge is 0.396 e. The zero-order valence-electron chi connectivity index (χ0n) is 12.1. The van der Waals surface area contributed by atoms with E-state index in [2.05, 4.69) is 29.4 Å². The van der Waals surface area contributed by atoms with Crippen molar-refractivity contribution in [3.05, 3.63) is 17.5 Å². The van der Waals surface area contributed by atoms with Crippen LogP contribution in [0.4, 0.5) is 0 Å². The molecule has 0 saturated carbocycles. The fourth-order valence-corrected chi connectivity index (χ4v) is 2.20. The molecule has 1 rings (SSSR count). The molecule has 0 aliphatic heterocycles. The van der Waals surface area contributed by atoms with Gasteiger partial charge >= 0.3 is 0 Å². The van der Waals surface area contributed by atoms with Gasteiger partial charge in [-0.15, -0.1) is 0 Å². The number of nitrogens with one attached hydrogen (secondary N) is 2. The number of rotatable bonds is 8. The molecule has 0 radical (unpaired) electrons. The van der Waals surface area contributed by atoms with Crippen LogP contribution >= 0.6 is 0 Å². The highest BCUT2D eigenvalue weighted by molar-refractivity contribution is 5.78. The number of aliphatic hydroxyl groups is 1. The summed E-state index contributed by atoms with van der Waals surface area (Å²) in [5.74, 6) is 0.899. The number of hydrogen-bond acceptors (Lipinski definition) is 3. The topological polar surface area (TPSA) is 78.0 Å². The smallest absolute Gasteiger partial charge is 0.226 e. The van der Waals surface area contributed by atoms with E-state index in [4.69, 9.17) is 5.11 Å². The molecule has 1 atom stereocenters. The first-order chi connectivity index (χ1) is 9.01. The first kappa shape index (κ1) is 15.7. The quantitative estimate of drug-likeness (QED) is 0.666. The molecule has 0 aliphatic carbocycles. The Bertz CT molecular complexity index is 388. The van der Waals surface area contributed by atoms with Crippen molar-refractivity contribution >= 4 is 5.91 Å². The van der Waals surface area contributed by atoms with E-state index in [1.54, 1.807) is 0 Å². The minimum atomic E-state index is -0.0156. The lowest BCUT2D eigenvalue weighted by atomic mass is 9.94. The Morgan fingerprint density at radius 2 is 2.26 bits per heavy atom. The molecule has 19 heavy (non-hydrogen) atoms. The van der Waals surface area contributed by atoms with Gasteiger partial charge in [0.15, 0.2) is 0 Å². The van der Waals surface area contributed by atoms with E-state index in [-0.39, 0.29) is 12.5 Å². The lowest BCUT2D eigenvalue weighted by Gasteiger charge is -2.18. The van der Waals surface area contributed by atoms with Gasteiger partial charge in [0.25, 0.3) is 0 Å². The molecule has 108 valence electrons. The number of hydrogen-bond donors (Lipinski definition) is 3. The Morgan fingerprint density at radius 3 is 2.79 bits per heavy atom. The third kappa shape index (κ3) is 6.38. The number of aryl methyl sites for hydroxylation is 1. The molecule has 1 aromatic heterocycles. The van der Waals surface area contributed by atoms with Gasteiger partial charge in [0, 0.05) is 18.8 Å². The van der Waals surface area contributed by atoms with E-state index in [1.165, 1.54) is 0 Å². The van der Waals surface area contributed by atoms with E-state index >= 15 is 0 Å². The summed E-state index contributed by atoms with van der Waals surface area (Å²) < 4.78 is 0. The van der Waals surface area contributed by atoms with E-state index in [0.717, 1.165) is 24.2 Å². The van der Waals surface area contributed by atoms with Gasteiger partial charge < -0.3 is 10.4 Å². The normalized spacial score (nSPS) is 12.7. The molecule has 0 spiro atoms. The molecule has 0 aromatic carbocycles. The summed E-state index contributed by atoms with van der Waals surface area (Å²) >= 11 is 0. The first-order valence-corrected chi connectivity index (χ1v) is 6.89. The van der Waals surface area contributed by atoms with E-state index in [0.29, 0.717) is 24.8 Å². The van der Waals surface area contributed by atoms with Gasteiger partial charge in [-0.3, -0.25) is 9.89 Å². The van der Waals surface area contributed by atoms with Crippen molar-refractivity contribution in [3.63, 3.8) is 0 Å². The predicted molar refractivity (Wildman–Crippen MR) is 74.7 cm³/mol. The lowest BCUT2D eigenvalue weighted by molar-refractivity contribution is -0.120. The third-order valence-corrected chi connectivity index (χ3v) is 3.03. The first-order valence-electron chi connectivity index (χ1n) is 6.89. The summed E-state index contributed by atoms with van der Waals surface area (Å²) in [6.07, 6.45) is 2.06. The van der Waals surface area contributed by atoms with Gasteiger partial charge in [-0.2, -0.15) is 5.10 Å². The summed E-state index contributed by atoms with van der Waals surface area (Å²) in [7, 11) is 0. The predicted octanol–water partition coefficient (Wildman–Crippen LogP) is 1.42. The molecular weight excluding hydrogens is 242 g/mol. The van der Waals surface area contributed by atoms with Crippen molar-refractivity contribution in [3.8, 4) is 0 Å². The average Bonchev–Trinajstić information content (AvgIpc) is 2.71. The number of carbonyl (C=O) groups excluding carboxylic acids is 1. The fourth-order valence-electron chi connectivity index (χ4n) is 2.20. The molecule has 0 aliphatic rings. The second-order valence-corrected chi connectivity index (χ2v) is 5.53. The number of aromatic nitrogens is 2. The van der Waals surface area contributed by atoms with Crippen LogP contribution in [0.5, 0.6) is 0 Å². The van der Waals surface area contributed by atoms with Crippen LogP contribution in [-0.2, 0) is 11.2 Å². The highest BCUT2D eigenvalue weighted by Gasteiger charge is 2.13. The number of H-pyrrole nitrogens is 1. The molecule has 1 amide bonds. The lowest BCUT2D eigenvalue weighted by Crippen LogP contribution is -2.31. The van der Waals surface area contributed by atoms with Gasteiger partial charge in [-0.05, 0) is 37.7 Å². The van der Waals surface area contributed by atoms with Gasteiger partial charge in [-0.25, -0.2) is 0 Å². The maximum absolute atomic E-state index is 11.8. The van der Waals surface area contributed by atoms with Crippen LogP contribution < -0.4 is 5.32 Å². The molecule has 5 nitrogen and oxygen atoms in total. The second kappa shape index (κ2) is 7.94. The molecule has 0 bridgehead atoms. The Hall–Kier alpha value is -1.36. The summed E-state index contributed by atoms with van der Waals surface area (Å²) in [6.45, 7) is 7.01. The van der Waals surface area contributed by atoms with Crippen LogP contribution in [-0.4, -0.2) is 34.4 Å². The van der Waals surface area contributed by atoms with Crippen LogP contribution in [0.3, 0.4) is 0 Å². The molecule has 0 fully saturated rings. The minimum absolute atomic E-state index is 0.0156. The van der Waals surface area contributed by atoms with E-state index in [1.807, 2.05) is 13.0 Å². The fraction of sp³-hybridized carbons (Fsp3) is 0.714. The monoisotopic (exact) mass is 267 g/mol.